The lowest BCUT2D eigenvalue weighted by Crippen LogP contribution is -2.11. The molecule has 0 spiro atoms. The minimum Gasteiger partial charge on any atom is -0.493 e. The number of halogens is 3. The van der Waals surface area contributed by atoms with E-state index < -0.39 is 11.7 Å². The molecule has 132 valence electrons. The van der Waals surface area contributed by atoms with Crippen LogP contribution in [0.3, 0.4) is 0 Å². The molecule has 0 amide bonds. The van der Waals surface area contributed by atoms with Gasteiger partial charge in [0.1, 0.15) is 5.75 Å². The fourth-order valence-corrected chi connectivity index (χ4v) is 2.85. The Hall–Kier alpha value is -2.47. The Morgan fingerprint density at radius 3 is 2.60 bits per heavy atom. The highest BCUT2D eigenvalue weighted by molar-refractivity contribution is 5.81. The van der Waals surface area contributed by atoms with Gasteiger partial charge in [-0.05, 0) is 35.2 Å². The van der Waals surface area contributed by atoms with Crippen LogP contribution in [0.5, 0.6) is 5.75 Å². The van der Waals surface area contributed by atoms with Crippen LogP contribution in [-0.2, 0) is 19.1 Å². The molecule has 1 N–H and O–H groups in total. The van der Waals surface area contributed by atoms with E-state index in [2.05, 4.69) is 0 Å². The minimum absolute atomic E-state index is 0.0308. The second-order valence-electron chi connectivity index (χ2n) is 5.71. The second kappa shape index (κ2) is 7.19. The monoisotopic (exact) mass is 349 g/mol. The predicted octanol–water partition coefficient (Wildman–Crippen LogP) is 4.27. The molecule has 0 aliphatic heterocycles. The second-order valence-corrected chi connectivity index (χ2v) is 5.71. The third-order valence-electron chi connectivity index (χ3n) is 4.05. The average Bonchev–Trinajstić information content (AvgIpc) is 2.97. The summed E-state index contributed by atoms with van der Waals surface area (Å²) in [5, 5.41) is 10.1. The molecule has 0 unspecified atom stereocenters. The highest BCUT2D eigenvalue weighted by Gasteiger charge is 2.32. The molecule has 0 radical (unpaired) electrons. The number of aromatic nitrogens is 1. The zero-order chi connectivity index (χ0) is 17.9. The molecule has 1 heterocycles. The van der Waals surface area contributed by atoms with Crippen LogP contribution in [0.2, 0.25) is 0 Å². The highest BCUT2D eigenvalue weighted by Crippen LogP contribution is 2.32. The van der Waals surface area contributed by atoms with Crippen molar-refractivity contribution >= 4 is 10.9 Å². The van der Waals surface area contributed by atoms with E-state index in [0.717, 1.165) is 17.0 Å². The molecular formula is C19H18F3NO2. The fraction of sp³-hybridized carbons (Fsp3) is 0.263. The van der Waals surface area contributed by atoms with Crippen molar-refractivity contribution in [3.8, 4) is 5.75 Å². The summed E-state index contributed by atoms with van der Waals surface area (Å²) in [4.78, 5) is 0. The smallest absolute Gasteiger partial charge is 0.416 e. The summed E-state index contributed by atoms with van der Waals surface area (Å²) in [5.74, 6) is 0.592. The van der Waals surface area contributed by atoms with Gasteiger partial charge in [0.25, 0.3) is 0 Å². The molecule has 1 aromatic heterocycles. The number of ether oxygens (including phenoxy) is 1. The van der Waals surface area contributed by atoms with Crippen molar-refractivity contribution in [2.24, 2.45) is 0 Å². The number of hydrogen-bond acceptors (Lipinski definition) is 2. The topological polar surface area (TPSA) is 34.4 Å². The van der Waals surface area contributed by atoms with E-state index in [4.69, 9.17) is 9.84 Å². The summed E-state index contributed by atoms with van der Waals surface area (Å²) in [6, 6.07) is 13.0. The lowest BCUT2D eigenvalue weighted by atomic mass is 10.0. The van der Waals surface area contributed by atoms with Crippen molar-refractivity contribution in [2.75, 3.05) is 13.2 Å². The standard InChI is InChI=1S/C19H18F3NO2/c20-19(21,22)17-4-2-1-3-14(17)8-12-25-16-6-5-15-7-9-23(10-11-24)18(15)13-16/h1-7,9,13,24H,8,10-12H2. The number of fused-ring (bicyclic) bond motifs is 1. The Balaban J connectivity index is 1.70. The van der Waals surface area contributed by atoms with Gasteiger partial charge < -0.3 is 14.4 Å². The summed E-state index contributed by atoms with van der Waals surface area (Å²) in [5.41, 5.74) is 0.521. The van der Waals surface area contributed by atoms with Gasteiger partial charge in [0.15, 0.2) is 0 Å². The molecule has 3 nitrogen and oxygen atoms in total. The van der Waals surface area contributed by atoms with Gasteiger partial charge in [0.05, 0.1) is 24.3 Å². The lowest BCUT2D eigenvalue weighted by molar-refractivity contribution is -0.138. The lowest BCUT2D eigenvalue weighted by Gasteiger charge is -2.13. The van der Waals surface area contributed by atoms with Crippen LogP contribution in [0, 0.1) is 0 Å². The average molecular weight is 349 g/mol. The summed E-state index contributed by atoms with van der Waals surface area (Å²) < 4.78 is 46.5. The molecule has 0 atom stereocenters. The van der Waals surface area contributed by atoms with E-state index in [0.29, 0.717) is 12.3 Å². The SMILES string of the molecule is OCCn1ccc2ccc(OCCc3ccccc3C(F)(F)F)cc21. The van der Waals surface area contributed by atoms with Crippen molar-refractivity contribution in [3.63, 3.8) is 0 Å². The van der Waals surface area contributed by atoms with Gasteiger partial charge in [-0.15, -0.1) is 0 Å². The van der Waals surface area contributed by atoms with E-state index in [9.17, 15) is 13.2 Å². The molecule has 3 aromatic rings. The van der Waals surface area contributed by atoms with Crippen molar-refractivity contribution in [2.45, 2.75) is 19.1 Å². The number of benzene rings is 2. The maximum absolute atomic E-state index is 13.0. The third kappa shape index (κ3) is 3.96. The quantitative estimate of drug-likeness (QED) is 0.721. The van der Waals surface area contributed by atoms with Gasteiger partial charge in [-0.3, -0.25) is 0 Å². The molecular weight excluding hydrogens is 331 g/mol. The largest absolute Gasteiger partial charge is 0.493 e. The number of aliphatic hydroxyl groups excluding tert-OH is 1. The van der Waals surface area contributed by atoms with Crippen LogP contribution in [0.4, 0.5) is 13.2 Å². The molecule has 0 aliphatic carbocycles. The molecule has 0 saturated heterocycles. The van der Waals surface area contributed by atoms with E-state index in [1.54, 1.807) is 12.1 Å². The van der Waals surface area contributed by atoms with Crippen molar-refractivity contribution in [1.29, 1.82) is 0 Å². The Morgan fingerprint density at radius 1 is 1.04 bits per heavy atom. The molecule has 2 aromatic carbocycles. The molecule has 3 rings (SSSR count). The molecule has 6 heteroatoms. The minimum atomic E-state index is -4.36. The van der Waals surface area contributed by atoms with Crippen molar-refractivity contribution in [3.05, 3.63) is 65.9 Å². The molecule has 0 bridgehead atoms. The Labute approximate surface area is 143 Å². The van der Waals surface area contributed by atoms with Crippen molar-refractivity contribution < 1.29 is 23.0 Å². The van der Waals surface area contributed by atoms with Crippen LogP contribution in [0.25, 0.3) is 10.9 Å². The van der Waals surface area contributed by atoms with Crippen LogP contribution < -0.4 is 4.74 Å². The maximum Gasteiger partial charge on any atom is 0.416 e. The van der Waals surface area contributed by atoms with Crippen molar-refractivity contribution in [1.82, 2.24) is 4.57 Å². The van der Waals surface area contributed by atoms with Gasteiger partial charge in [-0.1, -0.05) is 18.2 Å². The normalized spacial score (nSPS) is 11.8. The number of nitrogens with zero attached hydrogens (tertiary/aromatic N) is 1. The zero-order valence-electron chi connectivity index (χ0n) is 13.5. The Morgan fingerprint density at radius 2 is 1.84 bits per heavy atom. The van der Waals surface area contributed by atoms with E-state index in [1.165, 1.54) is 12.1 Å². The number of alkyl halides is 3. The molecule has 0 aliphatic rings. The first-order valence-electron chi connectivity index (χ1n) is 7.96. The fourth-order valence-electron chi connectivity index (χ4n) is 2.85. The van der Waals surface area contributed by atoms with Crippen LogP contribution in [0.1, 0.15) is 11.1 Å². The Bertz CT molecular complexity index is 855. The van der Waals surface area contributed by atoms with E-state index in [-0.39, 0.29) is 25.2 Å². The first-order valence-corrected chi connectivity index (χ1v) is 7.96. The summed E-state index contributed by atoms with van der Waals surface area (Å²) in [6.07, 6.45) is -2.31. The number of hydrogen-bond donors (Lipinski definition) is 1. The number of rotatable bonds is 6. The number of aliphatic hydroxyl groups is 1. The summed E-state index contributed by atoms with van der Waals surface area (Å²) in [6.45, 7) is 0.661. The van der Waals surface area contributed by atoms with Gasteiger partial charge in [0.2, 0.25) is 0 Å². The summed E-state index contributed by atoms with van der Waals surface area (Å²) >= 11 is 0. The van der Waals surface area contributed by atoms with Crippen LogP contribution in [-0.4, -0.2) is 22.9 Å². The Kier molecular flexibility index (Phi) is 4.99. The molecule has 0 saturated carbocycles. The van der Waals surface area contributed by atoms with Gasteiger partial charge >= 0.3 is 6.18 Å². The summed E-state index contributed by atoms with van der Waals surface area (Å²) in [7, 11) is 0. The van der Waals surface area contributed by atoms with Crippen LogP contribution in [0.15, 0.2) is 54.7 Å². The third-order valence-corrected chi connectivity index (χ3v) is 4.05. The first-order chi connectivity index (χ1) is 12.0. The predicted molar refractivity (Wildman–Crippen MR) is 89.7 cm³/mol. The van der Waals surface area contributed by atoms with Gasteiger partial charge in [-0.2, -0.15) is 13.2 Å². The van der Waals surface area contributed by atoms with Crippen LogP contribution >= 0.6 is 0 Å². The molecule has 25 heavy (non-hydrogen) atoms. The zero-order valence-corrected chi connectivity index (χ0v) is 13.5. The van der Waals surface area contributed by atoms with E-state index in [1.807, 2.05) is 29.0 Å². The highest BCUT2D eigenvalue weighted by atomic mass is 19.4. The van der Waals surface area contributed by atoms with Gasteiger partial charge in [-0.25, -0.2) is 0 Å². The first kappa shape index (κ1) is 17.4. The van der Waals surface area contributed by atoms with E-state index >= 15 is 0 Å². The maximum atomic E-state index is 13.0. The molecule has 0 fully saturated rings. The van der Waals surface area contributed by atoms with Gasteiger partial charge in [0, 0.05) is 25.2 Å².